The lowest BCUT2D eigenvalue weighted by atomic mass is 9.83. The third kappa shape index (κ3) is 5.83. The van der Waals surface area contributed by atoms with Gasteiger partial charge in [-0.15, -0.1) is 0 Å². The predicted octanol–water partition coefficient (Wildman–Crippen LogP) is 4.44. The summed E-state index contributed by atoms with van der Waals surface area (Å²) in [6.07, 6.45) is 0. The number of para-hydroxylation sites is 1. The van der Waals surface area contributed by atoms with E-state index in [1.54, 1.807) is 49.4 Å². The number of methoxy groups -OCH3 is 1. The number of carbonyl (C=O) groups excluding carboxylic acids is 4. The molecule has 0 saturated carbocycles. The molecule has 3 amide bonds. The minimum Gasteiger partial charge on any atom is -0.493 e. The molecule has 0 spiro atoms. The number of benzene rings is 3. The number of ether oxygens (including phenoxy) is 3. The quantitative estimate of drug-likeness (QED) is 0.200. The third-order valence-electron chi connectivity index (χ3n) is 7.42. The van der Waals surface area contributed by atoms with E-state index in [0.717, 1.165) is 16.2 Å². The molecule has 230 valence electrons. The summed E-state index contributed by atoms with van der Waals surface area (Å²) < 4.78 is 16.4. The minimum absolute atomic E-state index is 0.222. The van der Waals surface area contributed by atoms with Gasteiger partial charge >= 0.3 is 10.8 Å². The first-order valence-electron chi connectivity index (χ1n) is 14.0. The van der Waals surface area contributed by atoms with E-state index >= 15 is 0 Å². The summed E-state index contributed by atoms with van der Waals surface area (Å²) in [6.45, 7) is 1.66. The summed E-state index contributed by atoms with van der Waals surface area (Å²) in [5.74, 6) is -2.52. The second-order valence-corrected chi connectivity index (χ2v) is 12.3. The standard InChI is InChI=1S/C32H27N3O8S2/c1-3-42-31(39)17-9-12-20(13-10-17)35-29(37)25-24(26-28(34-32(40)45-26)44-27(25)30(35)38)18-11-14-21(22(15-18)41-2)43-16-23(36)33-19-7-5-4-6-8-19/h4-15,24-25,27H,3,16H2,1-2H3,(H,33,36)(H,34,40)/t24-,25?,27?/m1/s1. The van der Waals surface area contributed by atoms with Crippen LogP contribution >= 0.6 is 23.1 Å². The zero-order valence-electron chi connectivity index (χ0n) is 24.1. The first-order valence-corrected chi connectivity index (χ1v) is 15.7. The van der Waals surface area contributed by atoms with Crippen molar-refractivity contribution in [1.82, 2.24) is 4.98 Å². The van der Waals surface area contributed by atoms with Crippen molar-refractivity contribution in [2.24, 2.45) is 5.92 Å². The highest BCUT2D eigenvalue weighted by atomic mass is 32.2. The van der Waals surface area contributed by atoms with Crippen molar-refractivity contribution in [2.45, 2.75) is 23.1 Å². The fraction of sp³-hybridized carbons (Fsp3) is 0.219. The maximum atomic E-state index is 14.0. The zero-order valence-corrected chi connectivity index (χ0v) is 25.7. The Kier molecular flexibility index (Phi) is 8.46. The number of hydrogen-bond acceptors (Lipinski definition) is 10. The SMILES string of the molecule is CCOC(=O)c1ccc(N2C(=O)C3Sc4[nH]c(=O)sc4[C@H](c4ccc(OCC(=O)Nc5ccccc5)c(OC)c4)C3C2=O)cc1. The molecule has 1 aromatic heterocycles. The number of imide groups is 1. The molecular formula is C32H27N3O8S2. The lowest BCUT2D eigenvalue weighted by Crippen LogP contribution is -2.32. The summed E-state index contributed by atoms with van der Waals surface area (Å²) >= 11 is 2.16. The number of amides is 3. The number of nitrogens with one attached hydrogen (secondary N) is 2. The lowest BCUT2D eigenvalue weighted by molar-refractivity contribution is -0.122. The molecule has 0 aliphatic carbocycles. The monoisotopic (exact) mass is 645 g/mol. The zero-order chi connectivity index (χ0) is 31.7. The van der Waals surface area contributed by atoms with E-state index in [9.17, 15) is 24.0 Å². The van der Waals surface area contributed by atoms with E-state index in [4.69, 9.17) is 14.2 Å². The maximum Gasteiger partial charge on any atom is 0.338 e. The van der Waals surface area contributed by atoms with E-state index in [0.29, 0.717) is 43.9 Å². The van der Waals surface area contributed by atoms with Gasteiger partial charge in [0.15, 0.2) is 18.1 Å². The Morgan fingerprint density at radius 2 is 1.71 bits per heavy atom. The molecule has 11 nitrogen and oxygen atoms in total. The van der Waals surface area contributed by atoms with Gasteiger partial charge in [0, 0.05) is 16.5 Å². The van der Waals surface area contributed by atoms with Crippen LogP contribution in [0, 0.1) is 5.92 Å². The molecule has 1 saturated heterocycles. The van der Waals surface area contributed by atoms with Crippen molar-refractivity contribution < 1.29 is 33.4 Å². The average molecular weight is 646 g/mol. The number of aromatic nitrogens is 1. The summed E-state index contributed by atoms with van der Waals surface area (Å²) in [6, 6.07) is 20.2. The number of esters is 1. The first-order chi connectivity index (χ1) is 21.8. The van der Waals surface area contributed by atoms with E-state index in [1.807, 2.05) is 18.2 Å². The second-order valence-electron chi connectivity index (χ2n) is 10.1. The van der Waals surface area contributed by atoms with Crippen LogP contribution in [0.1, 0.15) is 33.6 Å². The Morgan fingerprint density at radius 3 is 2.42 bits per heavy atom. The van der Waals surface area contributed by atoms with Gasteiger partial charge < -0.3 is 24.5 Å². The molecule has 2 aliphatic rings. The Labute approximate surface area is 265 Å². The van der Waals surface area contributed by atoms with E-state index in [1.165, 1.54) is 31.0 Å². The highest BCUT2D eigenvalue weighted by Gasteiger charge is 2.56. The maximum absolute atomic E-state index is 14.0. The molecule has 1 fully saturated rings. The number of rotatable bonds is 9. The van der Waals surface area contributed by atoms with Gasteiger partial charge in [-0.3, -0.25) is 19.2 Å². The predicted molar refractivity (Wildman–Crippen MR) is 168 cm³/mol. The molecule has 13 heteroatoms. The van der Waals surface area contributed by atoms with Gasteiger partial charge in [-0.05, 0) is 61.0 Å². The van der Waals surface area contributed by atoms with Crippen LogP contribution in [-0.2, 0) is 19.1 Å². The van der Waals surface area contributed by atoms with Crippen molar-refractivity contribution in [2.75, 3.05) is 30.5 Å². The molecule has 3 heterocycles. The Hall–Kier alpha value is -4.88. The lowest BCUT2D eigenvalue weighted by Gasteiger charge is -2.30. The molecule has 45 heavy (non-hydrogen) atoms. The van der Waals surface area contributed by atoms with Crippen LogP contribution in [0.25, 0.3) is 0 Å². The van der Waals surface area contributed by atoms with Crippen LogP contribution in [0.5, 0.6) is 11.5 Å². The molecular weight excluding hydrogens is 618 g/mol. The van der Waals surface area contributed by atoms with Crippen molar-refractivity contribution >= 4 is 58.2 Å². The van der Waals surface area contributed by atoms with Crippen LogP contribution in [0.15, 0.2) is 82.6 Å². The molecule has 6 rings (SSSR count). The number of thiazole rings is 1. The molecule has 2 N–H and O–H groups in total. The number of nitrogens with zero attached hydrogens (tertiary/aromatic N) is 1. The largest absolute Gasteiger partial charge is 0.493 e. The highest BCUT2D eigenvalue weighted by Crippen LogP contribution is 2.53. The van der Waals surface area contributed by atoms with Crippen molar-refractivity contribution in [3.05, 3.63) is 98.5 Å². The number of aromatic amines is 1. The van der Waals surface area contributed by atoms with Gasteiger partial charge in [0.25, 0.3) is 5.91 Å². The Morgan fingerprint density at radius 1 is 0.956 bits per heavy atom. The van der Waals surface area contributed by atoms with Gasteiger partial charge in [-0.2, -0.15) is 0 Å². The smallest absolute Gasteiger partial charge is 0.338 e. The van der Waals surface area contributed by atoms with Crippen LogP contribution in [-0.4, -0.2) is 54.2 Å². The van der Waals surface area contributed by atoms with Crippen LogP contribution in [0.3, 0.4) is 0 Å². The number of hydrogen-bond donors (Lipinski definition) is 2. The van der Waals surface area contributed by atoms with Gasteiger partial charge in [0.2, 0.25) is 11.8 Å². The van der Waals surface area contributed by atoms with Gasteiger partial charge in [-0.1, -0.05) is 47.4 Å². The average Bonchev–Trinajstić information content (AvgIpc) is 3.54. The van der Waals surface area contributed by atoms with Crippen LogP contribution in [0.4, 0.5) is 11.4 Å². The molecule has 3 aromatic carbocycles. The number of anilines is 2. The van der Waals surface area contributed by atoms with Crippen molar-refractivity contribution in [1.29, 1.82) is 0 Å². The van der Waals surface area contributed by atoms with E-state index < -0.39 is 34.9 Å². The molecule has 2 aliphatic heterocycles. The Balaban J connectivity index is 1.29. The summed E-state index contributed by atoms with van der Waals surface area (Å²) in [5, 5.41) is 2.49. The van der Waals surface area contributed by atoms with Gasteiger partial charge in [0.05, 0.1) is 35.9 Å². The summed E-state index contributed by atoms with van der Waals surface area (Å²) in [5.41, 5.74) is 1.91. The number of carbonyl (C=O) groups is 4. The first kappa shape index (κ1) is 30.2. The fourth-order valence-electron chi connectivity index (χ4n) is 5.45. The Bertz CT molecular complexity index is 1840. The van der Waals surface area contributed by atoms with E-state index in [2.05, 4.69) is 10.3 Å². The second kappa shape index (κ2) is 12.6. The van der Waals surface area contributed by atoms with Crippen molar-refractivity contribution in [3.8, 4) is 11.5 Å². The van der Waals surface area contributed by atoms with Gasteiger partial charge in [0.1, 0.15) is 5.25 Å². The highest BCUT2D eigenvalue weighted by molar-refractivity contribution is 8.00. The molecule has 0 radical (unpaired) electrons. The topological polar surface area (TPSA) is 144 Å². The van der Waals surface area contributed by atoms with Crippen LogP contribution in [0.2, 0.25) is 0 Å². The third-order valence-corrected chi connectivity index (χ3v) is 9.82. The van der Waals surface area contributed by atoms with E-state index in [-0.39, 0.29) is 24.0 Å². The number of fused-ring (bicyclic) bond motifs is 2. The normalized spacial score (nSPS) is 18.6. The molecule has 4 aromatic rings. The molecule has 3 atom stereocenters. The van der Waals surface area contributed by atoms with Crippen LogP contribution < -0.4 is 24.6 Å². The number of thioether (sulfide) groups is 1. The molecule has 2 unspecified atom stereocenters. The number of H-pyrrole nitrogens is 1. The molecule has 0 bridgehead atoms. The fourth-order valence-corrected chi connectivity index (χ4v) is 7.97. The van der Waals surface area contributed by atoms with Gasteiger partial charge in [-0.25, -0.2) is 9.69 Å². The minimum atomic E-state index is -0.820. The van der Waals surface area contributed by atoms with Crippen molar-refractivity contribution in [3.63, 3.8) is 0 Å². The summed E-state index contributed by atoms with van der Waals surface area (Å²) in [4.78, 5) is 69.1. The summed E-state index contributed by atoms with van der Waals surface area (Å²) in [7, 11) is 1.46.